The Bertz CT molecular complexity index is 1400. The van der Waals surface area contributed by atoms with Crippen LogP contribution in [-0.2, 0) is 13.0 Å². The van der Waals surface area contributed by atoms with Gasteiger partial charge in [-0.05, 0) is 72.2 Å². The van der Waals surface area contributed by atoms with Crippen molar-refractivity contribution in [2.24, 2.45) is 5.92 Å². The van der Waals surface area contributed by atoms with Crippen molar-refractivity contribution in [2.75, 3.05) is 6.54 Å². The first-order chi connectivity index (χ1) is 17.9. The van der Waals surface area contributed by atoms with Gasteiger partial charge >= 0.3 is 0 Å². The second-order valence-electron chi connectivity index (χ2n) is 10.9. The third-order valence-electron chi connectivity index (χ3n) is 7.90. The van der Waals surface area contributed by atoms with Crippen LogP contribution in [0, 0.1) is 19.8 Å². The molecule has 0 aliphatic heterocycles. The molecule has 2 aromatic heterocycles. The molecular formula is C30H38N6O. The van der Waals surface area contributed by atoms with Crippen LogP contribution in [0.1, 0.15) is 79.7 Å². The molecule has 0 spiro atoms. The number of tetrazole rings is 1. The van der Waals surface area contributed by atoms with Gasteiger partial charge in [0.05, 0.1) is 17.6 Å². The summed E-state index contributed by atoms with van der Waals surface area (Å²) in [6, 6.07) is 17.2. The minimum atomic E-state index is -0.0243. The van der Waals surface area contributed by atoms with Crippen molar-refractivity contribution < 1.29 is 0 Å². The van der Waals surface area contributed by atoms with Crippen LogP contribution in [0.5, 0.6) is 0 Å². The van der Waals surface area contributed by atoms with Gasteiger partial charge in [-0.25, -0.2) is 4.68 Å². The highest BCUT2D eigenvalue weighted by molar-refractivity contribution is 5.85. The fourth-order valence-corrected chi connectivity index (χ4v) is 5.88. The number of hydrogen-bond donors (Lipinski definition) is 1. The molecule has 4 aromatic rings. The van der Waals surface area contributed by atoms with Gasteiger partial charge in [-0.2, -0.15) is 0 Å². The SMILES string of the molecule is Cc1ccc(C)c2[nH]c(=O)c(CN(CCc3ccccc3)[C@H](c3nnnn3C3CCCC3)C(C)C)cc12. The smallest absolute Gasteiger partial charge is 0.252 e. The van der Waals surface area contributed by atoms with Crippen LogP contribution in [0.25, 0.3) is 10.9 Å². The van der Waals surface area contributed by atoms with Crippen LogP contribution in [-0.4, -0.2) is 36.6 Å². The van der Waals surface area contributed by atoms with Crippen LogP contribution in [0.3, 0.4) is 0 Å². The Morgan fingerprint density at radius 3 is 2.51 bits per heavy atom. The highest BCUT2D eigenvalue weighted by Crippen LogP contribution is 2.35. The summed E-state index contributed by atoms with van der Waals surface area (Å²) in [6.45, 7) is 9.93. The number of aromatic amines is 1. The lowest BCUT2D eigenvalue weighted by atomic mass is 9.98. The standard InChI is InChI=1S/C30H38N6O/c1-20(2)28(29-32-33-34-36(29)25-12-8-9-13-25)35(17-16-23-10-6-5-7-11-23)19-24-18-26-21(3)14-15-22(4)27(26)31-30(24)37/h5-7,10-11,14-15,18,20,25,28H,8-9,12-13,16-17,19H2,1-4H3,(H,31,37)/t28-/m0/s1. The lowest BCUT2D eigenvalue weighted by Gasteiger charge is -2.34. The Labute approximate surface area is 218 Å². The van der Waals surface area contributed by atoms with E-state index in [-0.39, 0.29) is 17.5 Å². The Balaban J connectivity index is 1.54. The predicted octanol–water partition coefficient (Wildman–Crippen LogP) is 5.69. The third-order valence-corrected chi connectivity index (χ3v) is 7.90. The van der Waals surface area contributed by atoms with E-state index in [1.165, 1.54) is 24.0 Å². The fraction of sp³-hybridized carbons (Fsp3) is 0.467. The minimum Gasteiger partial charge on any atom is -0.321 e. The quantitative estimate of drug-likeness (QED) is 0.321. The molecule has 0 radical (unpaired) electrons. The summed E-state index contributed by atoms with van der Waals surface area (Å²) < 4.78 is 2.07. The van der Waals surface area contributed by atoms with E-state index in [2.05, 4.69) is 93.3 Å². The number of nitrogens with one attached hydrogen (secondary N) is 1. The van der Waals surface area contributed by atoms with Crippen molar-refractivity contribution in [3.63, 3.8) is 0 Å². The van der Waals surface area contributed by atoms with Gasteiger partial charge in [0.1, 0.15) is 0 Å². The van der Waals surface area contributed by atoms with Crippen LogP contribution in [0.4, 0.5) is 0 Å². The largest absolute Gasteiger partial charge is 0.321 e. The molecule has 7 heteroatoms. The molecule has 1 N–H and O–H groups in total. The summed E-state index contributed by atoms with van der Waals surface area (Å²) in [6.07, 6.45) is 5.57. The van der Waals surface area contributed by atoms with Gasteiger partial charge in [-0.3, -0.25) is 9.69 Å². The molecule has 7 nitrogen and oxygen atoms in total. The van der Waals surface area contributed by atoms with Crippen molar-refractivity contribution in [2.45, 2.75) is 78.4 Å². The van der Waals surface area contributed by atoms with Gasteiger partial charge < -0.3 is 4.98 Å². The number of nitrogens with zero attached hydrogens (tertiary/aromatic N) is 5. The van der Waals surface area contributed by atoms with E-state index in [4.69, 9.17) is 0 Å². The van der Waals surface area contributed by atoms with Crippen molar-refractivity contribution in [3.05, 3.63) is 87.0 Å². The zero-order valence-electron chi connectivity index (χ0n) is 22.4. The summed E-state index contributed by atoms with van der Waals surface area (Å²) in [5.41, 5.74) is 5.21. The first-order valence-corrected chi connectivity index (χ1v) is 13.6. The van der Waals surface area contributed by atoms with E-state index in [1.54, 1.807) is 0 Å². The first-order valence-electron chi connectivity index (χ1n) is 13.6. The number of H-pyrrole nitrogens is 1. The maximum Gasteiger partial charge on any atom is 0.252 e. The van der Waals surface area contributed by atoms with Crippen molar-refractivity contribution in [1.82, 2.24) is 30.1 Å². The average Bonchev–Trinajstić information content (AvgIpc) is 3.58. The molecule has 0 bridgehead atoms. The second-order valence-corrected chi connectivity index (χ2v) is 10.9. The molecular weight excluding hydrogens is 460 g/mol. The summed E-state index contributed by atoms with van der Waals surface area (Å²) in [7, 11) is 0. The first kappa shape index (κ1) is 25.3. The Morgan fingerprint density at radius 1 is 1.05 bits per heavy atom. The topological polar surface area (TPSA) is 79.7 Å². The molecule has 0 saturated heterocycles. The van der Waals surface area contributed by atoms with E-state index in [1.807, 2.05) is 13.0 Å². The highest BCUT2D eigenvalue weighted by Gasteiger charge is 2.32. The fourth-order valence-electron chi connectivity index (χ4n) is 5.88. The minimum absolute atomic E-state index is 0.00647. The van der Waals surface area contributed by atoms with Crippen molar-refractivity contribution >= 4 is 10.9 Å². The van der Waals surface area contributed by atoms with Crippen LogP contribution < -0.4 is 5.56 Å². The number of hydrogen-bond acceptors (Lipinski definition) is 5. The number of benzene rings is 2. The zero-order chi connectivity index (χ0) is 25.9. The van der Waals surface area contributed by atoms with Gasteiger partial charge in [-0.15, -0.1) is 5.10 Å². The van der Waals surface area contributed by atoms with Crippen LogP contribution in [0.15, 0.2) is 53.3 Å². The van der Waals surface area contributed by atoms with Gasteiger partial charge in [-0.1, -0.05) is 69.2 Å². The molecule has 2 aromatic carbocycles. The van der Waals surface area contributed by atoms with Crippen molar-refractivity contribution in [3.8, 4) is 0 Å². The molecule has 0 amide bonds. The summed E-state index contributed by atoms with van der Waals surface area (Å²) in [5, 5.41) is 14.3. The Hall–Kier alpha value is -3.32. The molecule has 1 atom stereocenters. The van der Waals surface area contributed by atoms with Gasteiger partial charge in [0.15, 0.2) is 5.82 Å². The van der Waals surface area contributed by atoms with Crippen LogP contribution >= 0.6 is 0 Å². The predicted molar refractivity (Wildman–Crippen MR) is 147 cm³/mol. The number of fused-ring (bicyclic) bond motifs is 1. The lowest BCUT2D eigenvalue weighted by molar-refractivity contribution is 0.133. The van der Waals surface area contributed by atoms with E-state index in [0.717, 1.165) is 53.7 Å². The normalized spacial score (nSPS) is 15.3. The van der Waals surface area contributed by atoms with Crippen LogP contribution in [0.2, 0.25) is 0 Å². The summed E-state index contributed by atoms with van der Waals surface area (Å²) in [4.78, 5) is 18.9. The third kappa shape index (κ3) is 5.37. The Kier molecular flexibility index (Phi) is 7.51. The monoisotopic (exact) mass is 498 g/mol. The maximum atomic E-state index is 13.3. The molecule has 1 aliphatic rings. The van der Waals surface area contributed by atoms with E-state index >= 15 is 0 Å². The van der Waals surface area contributed by atoms with Crippen molar-refractivity contribution in [1.29, 1.82) is 0 Å². The van der Waals surface area contributed by atoms with E-state index in [0.29, 0.717) is 12.6 Å². The summed E-state index contributed by atoms with van der Waals surface area (Å²) in [5.74, 6) is 1.18. The number of pyridine rings is 1. The van der Waals surface area contributed by atoms with E-state index in [9.17, 15) is 4.79 Å². The molecule has 0 unspecified atom stereocenters. The molecule has 1 saturated carbocycles. The molecule has 194 valence electrons. The lowest BCUT2D eigenvalue weighted by Crippen LogP contribution is -2.37. The van der Waals surface area contributed by atoms with Gasteiger partial charge in [0.2, 0.25) is 0 Å². The molecule has 5 rings (SSSR count). The number of rotatable bonds is 9. The highest BCUT2D eigenvalue weighted by atomic mass is 16.1. The molecule has 1 fully saturated rings. The Morgan fingerprint density at radius 2 is 1.78 bits per heavy atom. The average molecular weight is 499 g/mol. The van der Waals surface area contributed by atoms with Gasteiger partial charge in [0.25, 0.3) is 5.56 Å². The van der Waals surface area contributed by atoms with E-state index < -0.39 is 0 Å². The van der Waals surface area contributed by atoms with Gasteiger partial charge in [0, 0.05) is 24.0 Å². The molecule has 37 heavy (non-hydrogen) atoms. The number of aryl methyl sites for hydroxylation is 2. The maximum absolute atomic E-state index is 13.3. The molecule has 2 heterocycles. The zero-order valence-corrected chi connectivity index (χ0v) is 22.4. The second kappa shape index (κ2) is 11.0. The number of aromatic nitrogens is 5. The molecule has 1 aliphatic carbocycles. The summed E-state index contributed by atoms with van der Waals surface area (Å²) >= 11 is 0.